The molecule has 0 aliphatic carbocycles. The fourth-order valence-corrected chi connectivity index (χ4v) is 2.13. The number of ether oxygens (including phenoxy) is 1. The molecule has 0 saturated carbocycles. The van der Waals surface area contributed by atoms with Gasteiger partial charge in [0.25, 0.3) is 5.91 Å². The molecule has 0 aliphatic rings. The first-order valence-electron chi connectivity index (χ1n) is 7.28. The van der Waals surface area contributed by atoms with E-state index in [4.69, 9.17) is 4.74 Å². The van der Waals surface area contributed by atoms with Gasteiger partial charge in [0.15, 0.2) is 6.61 Å². The topological polar surface area (TPSA) is 78.5 Å². The Hall–Kier alpha value is -2.82. The Balaban J connectivity index is 1.89. The van der Waals surface area contributed by atoms with Crippen LogP contribution >= 0.6 is 0 Å². The zero-order valence-corrected chi connectivity index (χ0v) is 12.8. The molecule has 0 bridgehead atoms. The Morgan fingerprint density at radius 3 is 2.52 bits per heavy atom. The fourth-order valence-electron chi connectivity index (χ4n) is 2.13. The van der Waals surface area contributed by atoms with Gasteiger partial charge >= 0.3 is 0 Å². The summed E-state index contributed by atoms with van der Waals surface area (Å²) in [5, 5.41) is 13.6. The molecule has 1 atom stereocenters. The normalized spacial score (nSPS) is 11.5. The lowest BCUT2D eigenvalue weighted by atomic mass is 10.1. The molecule has 2 aromatic carbocycles. The number of rotatable bonds is 7. The van der Waals surface area contributed by atoms with Crippen molar-refractivity contribution in [1.29, 1.82) is 0 Å². The van der Waals surface area contributed by atoms with Crippen LogP contribution in [-0.4, -0.2) is 24.5 Å². The van der Waals surface area contributed by atoms with Crippen LogP contribution in [0.2, 0.25) is 0 Å². The first-order chi connectivity index (χ1) is 11.0. The number of carbonyl (C=O) groups excluding carboxylic acids is 2. The van der Waals surface area contributed by atoms with Gasteiger partial charge in [-0.25, -0.2) is 0 Å². The summed E-state index contributed by atoms with van der Waals surface area (Å²) < 4.78 is 5.35. The monoisotopic (exact) mass is 312 g/mol. The molecule has 0 aromatic heterocycles. The molecule has 2 rings (SSSR count). The van der Waals surface area contributed by atoms with Crippen molar-refractivity contribution in [3.8, 4) is 5.75 Å². The molecule has 0 saturated heterocycles. The van der Waals surface area contributed by atoms with Gasteiger partial charge in [-0.1, -0.05) is 42.5 Å². The second-order valence-corrected chi connectivity index (χ2v) is 5.23. The smallest absolute Gasteiger partial charge is 0.258 e. The van der Waals surface area contributed by atoms with Crippen LogP contribution < -0.4 is 15.2 Å². The molecular weight excluding hydrogens is 294 g/mol. The summed E-state index contributed by atoms with van der Waals surface area (Å²) in [5.74, 6) is -1.26. The van der Waals surface area contributed by atoms with Crippen LogP contribution in [0.15, 0.2) is 54.6 Å². The number of nitrogens with one attached hydrogen (secondary N) is 1. The molecule has 2 aromatic rings. The average molecular weight is 312 g/mol. The lowest BCUT2D eigenvalue weighted by molar-refractivity contribution is -0.308. The Bertz CT molecular complexity index is 670. The van der Waals surface area contributed by atoms with Gasteiger partial charge in [-0.05, 0) is 36.6 Å². The number of carboxylic acid groups (broad SMARTS) is 1. The van der Waals surface area contributed by atoms with Crippen LogP contribution in [0.3, 0.4) is 0 Å². The molecule has 0 radical (unpaired) electrons. The Morgan fingerprint density at radius 1 is 1.13 bits per heavy atom. The van der Waals surface area contributed by atoms with Gasteiger partial charge in [0.2, 0.25) is 0 Å². The largest absolute Gasteiger partial charge is 0.548 e. The maximum absolute atomic E-state index is 11.9. The molecule has 0 aliphatic heterocycles. The minimum Gasteiger partial charge on any atom is -0.548 e. The number of hydrogen-bond acceptors (Lipinski definition) is 4. The molecule has 23 heavy (non-hydrogen) atoms. The molecule has 5 heteroatoms. The van der Waals surface area contributed by atoms with Crippen LogP contribution in [-0.2, 0) is 16.0 Å². The zero-order valence-electron chi connectivity index (χ0n) is 12.8. The zero-order chi connectivity index (χ0) is 16.7. The Morgan fingerprint density at radius 2 is 1.87 bits per heavy atom. The van der Waals surface area contributed by atoms with Gasteiger partial charge in [0.1, 0.15) is 5.75 Å². The molecule has 5 nitrogen and oxygen atoms in total. The van der Waals surface area contributed by atoms with E-state index in [2.05, 4.69) is 5.32 Å². The molecule has 0 spiro atoms. The first-order valence-corrected chi connectivity index (χ1v) is 7.28. The molecule has 0 fully saturated rings. The van der Waals surface area contributed by atoms with E-state index in [-0.39, 0.29) is 13.0 Å². The minimum absolute atomic E-state index is 0.166. The van der Waals surface area contributed by atoms with Crippen molar-refractivity contribution < 1.29 is 19.4 Å². The summed E-state index contributed by atoms with van der Waals surface area (Å²) in [6.07, 6.45) is 0.166. The van der Waals surface area contributed by atoms with E-state index < -0.39 is 17.9 Å². The van der Waals surface area contributed by atoms with E-state index in [0.717, 1.165) is 11.1 Å². The van der Waals surface area contributed by atoms with E-state index in [1.165, 1.54) is 0 Å². The number of carbonyl (C=O) groups is 2. The van der Waals surface area contributed by atoms with Crippen molar-refractivity contribution in [3.05, 3.63) is 65.7 Å². The lowest BCUT2D eigenvalue weighted by Crippen LogP contribution is -2.50. The Kier molecular flexibility index (Phi) is 5.74. The SMILES string of the molecule is Cc1cccc(OCC(=O)N[C@@H](Cc2ccccc2)C(=O)[O-])c1. The van der Waals surface area contributed by atoms with Gasteiger partial charge < -0.3 is 20.0 Å². The number of carboxylic acids is 1. The van der Waals surface area contributed by atoms with Crippen molar-refractivity contribution >= 4 is 11.9 Å². The molecule has 120 valence electrons. The molecule has 1 N–H and O–H groups in total. The number of amides is 1. The lowest BCUT2D eigenvalue weighted by Gasteiger charge is -2.20. The van der Waals surface area contributed by atoms with Gasteiger partial charge in [-0.3, -0.25) is 4.79 Å². The highest BCUT2D eigenvalue weighted by atomic mass is 16.5. The summed E-state index contributed by atoms with van der Waals surface area (Å²) in [5.41, 5.74) is 1.82. The average Bonchev–Trinajstić information content (AvgIpc) is 2.53. The van der Waals surface area contributed by atoms with E-state index in [1.54, 1.807) is 24.3 Å². The number of aliphatic carboxylic acids is 1. The van der Waals surface area contributed by atoms with Crippen LogP contribution in [0.5, 0.6) is 5.75 Å². The highest BCUT2D eigenvalue weighted by Gasteiger charge is 2.14. The van der Waals surface area contributed by atoms with Crippen molar-refractivity contribution in [3.63, 3.8) is 0 Å². The minimum atomic E-state index is -1.32. The predicted molar refractivity (Wildman–Crippen MR) is 83.8 cm³/mol. The molecular formula is C18H18NO4-. The van der Waals surface area contributed by atoms with Crippen LogP contribution in [0.1, 0.15) is 11.1 Å². The van der Waals surface area contributed by atoms with E-state index in [0.29, 0.717) is 5.75 Å². The number of benzene rings is 2. The van der Waals surface area contributed by atoms with Crippen LogP contribution in [0, 0.1) is 6.92 Å². The van der Waals surface area contributed by atoms with Crippen LogP contribution in [0.4, 0.5) is 0 Å². The number of aryl methyl sites for hydroxylation is 1. The van der Waals surface area contributed by atoms with Crippen molar-refractivity contribution in [1.82, 2.24) is 5.32 Å². The fraction of sp³-hybridized carbons (Fsp3) is 0.222. The standard InChI is InChI=1S/C18H19NO4/c1-13-6-5-9-15(10-13)23-12-17(20)19-16(18(21)22)11-14-7-3-2-4-8-14/h2-10,16H,11-12H2,1H3,(H,19,20)(H,21,22)/p-1/t16-/m0/s1. The summed E-state index contributed by atoms with van der Waals surface area (Å²) in [7, 11) is 0. The highest BCUT2D eigenvalue weighted by molar-refractivity contribution is 5.83. The first kappa shape index (κ1) is 16.5. The summed E-state index contributed by atoms with van der Waals surface area (Å²) in [6.45, 7) is 1.67. The maximum atomic E-state index is 11.9. The second-order valence-electron chi connectivity index (χ2n) is 5.23. The van der Waals surface area contributed by atoms with E-state index in [1.807, 2.05) is 37.3 Å². The highest BCUT2D eigenvalue weighted by Crippen LogP contribution is 2.12. The van der Waals surface area contributed by atoms with Crippen molar-refractivity contribution in [2.24, 2.45) is 0 Å². The van der Waals surface area contributed by atoms with Gasteiger partial charge in [0.05, 0.1) is 12.0 Å². The summed E-state index contributed by atoms with van der Waals surface area (Å²) >= 11 is 0. The van der Waals surface area contributed by atoms with Crippen molar-refractivity contribution in [2.45, 2.75) is 19.4 Å². The third-order valence-corrected chi connectivity index (χ3v) is 3.26. The molecule has 0 heterocycles. The summed E-state index contributed by atoms with van der Waals surface area (Å²) in [6, 6.07) is 15.2. The van der Waals surface area contributed by atoms with E-state index >= 15 is 0 Å². The van der Waals surface area contributed by atoms with Gasteiger partial charge in [-0.15, -0.1) is 0 Å². The summed E-state index contributed by atoms with van der Waals surface area (Å²) in [4.78, 5) is 23.1. The number of hydrogen-bond donors (Lipinski definition) is 1. The van der Waals surface area contributed by atoms with Crippen LogP contribution in [0.25, 0.3) is 0 Å². The maximum Gasteiger partial charge on any atom is 0.258 e. The molecule has 1 amide bonds. The van der Waals surface area contributed by atoms with Gasteiger partial charge in [0, 0.05) is 0 Å². The third-order valence-electron chi connectivity index (χ3n) is 3.26. The quantitative estimate of drug-likeness (QED) is 0.822. The Labute approximate surface area is 134 Å². The second kappa shape index (κ2) is 7.98. The molecule has 0 unspecified atom stereocenters. The van der Waals surface area contributed by atoms with Crippen molar-refractivity contribution in [2.75, 3.05) is 6.61 Å². The van der Waals surface area contributed by atoms with E-state index in [9.17, 15) is 14.7 Å². The third kappa shape index (κ3) is 5.47. The van der Waals surface area contributed by atoms with Gasteiger partial charge in [-0.2, -0.15) is 0 Å². The predicted octanol–water partition coefficient (Wildman–Crippen LogP) is 0.851.